The zero-order valence-corrected chi connectivity index (χ0v) is 9.86. The molecule has 9 heteroatoms. The summed E-state index contributed by atoms with van der Waals surface area (Å²) in [4.78, 5) is 18.6. The van der Waals surface area contributed by atoms with Crippen LogP contribution in [-0.4, -0.2) is 32.7 Å². The Balaban J connectivity index is 2.48. The number of aromatic nitrogens is 4. The van der Waals surface area contributed by atoms with Crippen LogP contribution in [0.5, 0.6) is 0 Å². The molecule has 0 aromatic carbocycles. The summed E-state index contributed by atoms with van der Waals surface area (Å²) in [7, 11) is 1.20. The second-order valence-corrected chi connectivity index (χ2v) is 3.80. The van der Waals surface area contributed by atoms with E-state index in [2.05, 4.69) is 19.8 Å². The summed E-state index contributed by atoms with van der Waals surface area (Å²) in [5.74, 6) is -0.612. The first-order valence-electron chi connectivity index (χ1n) is 4.76. The zero-order chi connectivity index (χ0) is 13.3. The fourth-order valence-corrected chi connectivity index (χ4v) is 1.47. The maximum Gasteiger partial charge on any atom is 0.365 e. The molecule has 0 aliphatic heterocycles. The van der Waals surface area contributed by atoms with Gasteiger partial charge in [-0.05, 0) is 17.7 Å². The number of nitrogens with zero attached hydrogens (tertiary/aromatic N) is 4. The fourth-order valence-electron chi connectivity index (χ4n) is 1.33. The van der Waals surface area contributed by atoms with E-state index in [0.717, 1.165) is 16.8 Å². The van der Waals surface area contributed by atoms with Gasteiger partial charge in [0.05, 0.1) is 7.11 Å². The highest BCUT2D eigenvalue weighted by Crippen LogP contribution is 2.31. The Morgan fingerprint density at radius 2 is 2.33 bits per heavy atom. The van der Waals surface area contributed by atoms with Gasteiger partial charge >= 0.3 is 11.4 Å². The van der Waals surface area contributed by atoms with Gasteiger partial charge in [-0.3, -0.25) is 4.79 Å². The molecule has 0 aliphatic rings. The molecule has 2 aromatic heterocycles. The topological polar surface area (TPSA) is 69.4 Å². The molecular weight excluding hydrogens is 270 g/mol. The van der Waals surface area contributed by atoms with Crippen molar-refractivity contribution in [2.45, 2.75) is 11.8 Å². The van der Waals surface area contributed by atoms with Crippen LogP contribution in [0.25, 0.3) is 5.78 Å². The van der Waals surface area contributed by atoms with Gasteiger partial charge in [0.2, 0.25) is 0 Å². The van der Waals surface area contributed by atoms with E-state index >= 15 is 0 Å². The number of hydrogen-bond acceptors (Lipinski definition) is 5. The predicted molar refractivity (Wildman–Crippen MR) is 56.2 cm³/mol. The number of ether oxygens (including phenoxy) is 1. The van der Waals surface area contributed by atoms with Crippen molar-refractivity contribution in [1.82, 2.24) is 19.6 Å². The minimum atomic E-state index is -3.60. The van der Waals surface area contributed by atoms with E-state index in [1.165, 1.54) is 7.11 Å². The van der Waals surface area contributed by atoms with Crippen LogP contribution >= 0.6 is 11.6 Å². The van der Waals surface area contributed by atoms with Gasteiger partial charge in [-0.25, -0.2) is 4.98 Å². The van der Waals surface area contributed by atoms with E-state index in [9.17, 15) is 13.6 Å². The maximum absolute atomic E-state index is 13.1. The van der Waals surface area contributed by atoms with Crippen LogP contribution in [0.4, 0.5) is 8.78 Å². The Labute approximate surface area is 105 Å². The first-order chi connectivity index (χ1) is 8.41. The molecule has 6 nitrogen and oxygen atoms in total. The molecule has 0 bridgehead atoms. The fraction of sp³-hybridized carbons (Fsp3) is 0.333. The molecule has 0 spiro atoms. The summed E-state index contributed by atoms with van der Waals surface area (Å²) in [6.07, 6.45) is 0.907. The third-order valence-corrected chi connectivity index (χ3v) is 2.30. The summed E-state index contributed by atoms with van der Waals surface area (Å²) in [6, 6.07) is 1.02. The van der Waals surface area contributed by atoms with Gasteiger partial charge in [-0.15, -0.1) is 5.10 Å². The van der Waals surface area contributed by atoms with Gasteiger partial charge in [0.15, 0.2) is 5.82 Å². The summed E-state index contributed by atoms with van der Waals surface area (Å²) in [5, 5.41) is 0.145. The quantitative estimate of drug-likeness (QED) is 0.621. The van der Waals surface area contributed by atoms with E-state index < -0.39 is 17.0 Å². The molecule has 0 atom stereocenters. The highest BCUT2D eigenvalue weighted by molar-refractivity contribution is 6.21. The van der Waals surface area contributed by atoms with Gasteiger partial charge in [-0.1, -0.05) is 0 Å². The minimum absolute atomic E-state index is 0.0303. The molecule has 0 aliphatic carbocycles. The van der Waals surface area contributed by atoms with Crippen molar-refractivity contribution >= 4 is 23.3 Å². The molecule has 2 heterocycles. The van der Waals surface area contributed by atoms with Crippen LogP contribution in [0, 0.1) is 0 Å². The lowest BCUT2D eigenvalue weighted by Crippen LogP contribution is -2.12. The summed E-state index contributed by atoms with van der Waals surface area (Å²) in [5.41, 5.74) is -0.571. The highest BCUT2D eigenvalue weighted by Gasteiger charge is 2.32. The van der Waals surface area contributed by atoms with Gasteiger partial charge in [-0.2, -0.15) is 18.3 Å². The first kappa shape index (κ1) is 12.6. The summed E-state index contributed by atoms with van der Waals surface area (Å²) >= 11 is 4.94. The van der Waals surface area contributed by atoms with Crippen molar-refractivity contribution in [2.24, 2.45) is 0 Å². The van der Waals surface area contributed by atoms with E-state index in [0.29, 0.717) is 0 Å². The predicted octanol–water partition coefficient (Wildman–Crippen LogP) is 1.13. The number of halogens is 3. The maximum atomic E-state index is 13.1. The number of alkyl halides is 3. The summed E-state index contributed by atoms with van der Waals surface area (Å²) in [6.45, 7) is 0. The average Bonchev–Trinajstić information content (AvgIpc) is 2.68. The molecule has 0 unspecified atom stereocenters. The van der Waals surface area contributed by atoms with Crippen LogP contribution in [-0.2, 0) is 21.3 Å². The number of carbonyl (C=O) groups is 1. The van der Waals surface area contributed by atoms with Crippen molar-refractivity contribution in [3.05, 3.63) is 23.8 Å². The van der Waals surface area contributed by atoms with E-state index in [4.69, 9.17) is 11.6 Å². The number of fused-ring (bicyclic) bond motifs is 1. The van der Waals surface area contributed by atoms with Crippen LogP contribution in [0.1, 0.15) is 11.5 Å². The van der Waals surface area contributed by atoms with E-state index in [1.807, 2.05) is 0 Å². The normalized spacial score (nSPS) is 11.8. The van der Waals surface area contributed by atoms with Crippen molar-refractivity contribution in [3.8, 4) is 0 Å². The second kappa shape index (κ2) is 4.45. The Bertz CT molecular complexity index is 596. The van der Waals surface area contributed by atoms with Crippen molar-refractivity contribution in [2.75, 3.05) is 7.11 Å². The Morgan fingerprint density at radius 3 is 2.94 bits per heavy atom. The van der Waals surface area contributed by atoms with Crippen LogP contribution in [0.3, 0.4) is 0 Å². The van der Waals surface area contributed by atoms with Crippen molar-refractivity contribution in [1.29, 1.82) is 0 Å². The number of methoxy groups -OCH3 is 1. The van der Waals surface area contributed by atoms with Crippen LogP contribution < -0.4 is 0 Å². The smallest absolute Gasteiger partial charge is 0.365 e. The van der Waals surface area contributed by atoms with E-state index in [1.54, 1.807) is 0 Å². The summed E-state index contributed by atoms with van der Waals surface area (Å²) < 4.78 is 31.4. The van der Waals surface area contributed by atoms with Gasteiger partial charge < -0.3 is 4.74 Å². The lowest BCUT2D eigenvalue weighted by Gasteiger charge is -2.07. The third kappa shape index (κ3) is 2.37. The zero-order valence-electron chi connectivity index (χ0n) is 9.10. The van der Waals surface area contributed by atoms with Crippen LogP contribution in [0.15, 0.2) is 12.3 Å². The highest BCUT2D eigenvalue weighted by atomic mass is 35.5. The second-order valence-electron chi connectivity index (χ2n) is 3.32. The Morgan fingerprint density at radius 1 is 1.61 bits per heavy atom. The SMILES string of the molecule is COC(=O)Cc1nc2nccc(C(F)(F)Cl)n2n1. The lowest BCUT2D eigenvalue weighted by molar-refractivity contribution is -0.139. The molecule has 0 amide bonds. The van der Waals surface area contributed by atoms with Crippen LogP contribution in [0.2, 0.25) is 0 Å². The Kier molecular flexibility index (Phi) is 3.12. The molecule has 0 saturated heterocycles. The monoisotopic (exact) mass is 276 g/mol. The number of rotatable bonds is 3. The number of hydrogen-bond donors (Lipinski definition) is 0. The Hall–Kier alpha value is -1.83. The molecule has 0 radical (unpaired) electrons. The number of carbonyl (C=O) groups excluding carboxylic acids is 1. The standard InChI is InChI=1S/C9H7ClF2N4O2/c1-18-7(17)4-6-14-8-13-3-2-5(9(10,11)12)16(8)15-6/h2-3H,4H2,1H3. The lowest BCUT2D eigenvalue weighted by atomic mass is 10.4. The molecule has 2 rings (SSSR count). The average molecular weight is 277 g/mol. The molecule has 2 aromatic rings. The first-order valence-corrected chi connectivity index (χ1v) is 5.14. The number of esters is 1. The van der Waals surface area contributed by atoms with Gasteiger partial charge in [0.25, 0.3) is 5.78 Å². The molecule has 0 fully saturated rings. The third-order valence-electron chi connectivity index (χ3n) is 2.11. The van der Waals surface area contributed by atoms with Gasteiger partial charge in [0.1, 0.15) is 12.1 Å². The van der Waals surface area contributed by atoms with E-state index in [-0.39, 0.29) is 18.0 Å². The molecular formula is C9H7ClF2N4O2. The molecule has 0 N–H and O–H groups in total. The van der Waals surface area contributed by atoms with Crippen molar-refractivity contribution < 1.29 is 18.3 Å². The largest absolute Gasteiger partial charge is 0.469 e. The molecule has 18 heavy (non-hydrogen) atoms. The molecule has 0 saturated carbocycles. The minimum Gasteiger partial charge on any atom is -0.469 e. The van der Waals surface area contributed by atoms with Crippen molar-refractivity contribution in [3.63, 3.8) is 0 Å². The van der Waals surface area contributed by atoms with Gasteiger partial charge in [0, 0.05) is 6.20 Å². The molecule has 96 valence electrons.